The van der Waals surface area contributed by atoms with Crippen molar-refractivity contribution in [3.8, 4) is 11.3 Å². The zero-order valence-electron chi connectivity index (χ0n) is 19.3. The van der Waals surface area contributed by atoms with Crippen LogP contribution in [0, 0.1) is 13.8 Å². The third-order valence-electron chi connectivity index (χ3n) is 6.34. The van der Waals surface area contributed by atoms with Gasteiger partial charge in [0.15, 0.2) is 5.65 Å². The zero-order chi connectivity index (χ0) is 24.7. The lowest BCUT2D eigenvalue weighted by atomic mass is 9.96. The molecule has 5 rings (SSSR count). The minimum Gasteiger partial charge on any atom is -0.342 e. The maximum absolute atomic E-state index is 13.3. The van der Waals surface area contributed by atoms with E-state index in [2.05, 4.69) is 15.2 Å². The van der Waals surface area contributed by atoms with Crippen LogP contribution in [-0.2, 0) is 17.4 Å². The number of carbonyl (C=O) groups is 1. The number of nitrogens with zero attached hydrogens (tertiary/aromatic N) is 5. The van der Waals surface area contributed by atoms with Crippen molar-refractivity contribution in [2.75, 3.05) is 13.1 Å². The summed E-state index contributed by atoms with van der Waals surface area (Å²) in [5, 5.41) is 9.13. The summed E-state index contributed by atoms with van der Waals surface area (Å²) < 4.78 is 41.1. The van der Waals surface area contributed by atoms with E-state index < -0.39 is 11.7 Å². The van der Waals surface area contributed by atoms with E-state index in [1.807, 2.05) is 38.1 Å². The average molecular weight is 500 g/mol. The molecule has 1 aromatic carbocycles. The van der Waals surface area contributed by atoms with Crippen LogP contribution in [0.2, 0.25) is 0 Å². The number of hydrogen-bond acceptors (Lipinski definition) is 5. The highest BCUT2D eigenvalue weighted by Gasteiger charge is 2.33. The Labute approximate surface area is 204 Å². The van der Waals surface area contributed by atoms with Crippen LogP contribution in [0.4, 0.5) is 13.2 Å². The summed E-state index contributed by atoms with van der Waals surface area (Å²) in [4.78, 5) is 20.7. The molecule has 1 aliphatic heterocycles. The van der Waals surface area contributed by atoms with Crippen molar-refractivity contribution in [2.24, 2.45) is 0 Å². The molecule has 4 heterocycles. The van der Waals surface area contributed by atoms with Crippen molar-refractivity contribution in [1.29, 1.82) is 0 Å². The average Bonchev–Trinajstić information content (AvgIpc) is 3.42. The number of halogens is 3. The van der Waals surface area contributed by atoms with Crippen LogP contribution >= 0.6 is 11.3 Å². The first-order chi connectivity index (χ1) is 16.7. The Morgan fingerprint density at radius 3 is 2.63 bits per heavy atom. The first-order valence-corrected chi connectivity index (χ1v) is 12.2. The molecule has 6 nitrogen and oxygen atoms in total. The van der Waals surface area contributed by atoms with Crippen LogP contribution < -0.4 is 0 Å². The number of thiazole rings is 1. The highest BCUT2D eigenvalue weighted by Crippen LogP contribution is 2.33. The number of benzene rings is 1. The summed E-state index contributed by atoms with van der Waals surface area (Å²) in [6.07, 6.45) is -1.70. The van der Waals surface area contributed by atoms with Crippen molar-refractivity contribution in [3.63, 3.8) is 0 Å². The molecule has 10 heteroatoms. The van der Waals surface area contributed by atoms with Crippen LogP contribution in [-0.4, -0.2) is 43.5 Å². The highest BCUT2D eigenvalue weighted by molar-refractivity contribution is 7.12. The molecule has 1 unspecified atom stereocenters. The van der Waals surface area contributed by atoms with Crippen molar-refractivity contribution < 1.29 is 18.0 Å². The number of aromatic nitrogens is 4. The fourth-order valence-corrected chi connectivity index (χ4v) is 5.49. The Morgan fingerprint density at radius 2 is 1.89 bits per heavy atom. The van der Waals surface area contributed by atoms with E-state index in [0.29, 0.717) is 24.6 Å². The number of amides is 1. The molecule has 1 amide bonds. The number of aryl methyl sites for hydroxylation is 2. The van der Waals surface area contributed by atoms with E-state index in [-0.39, 0.29) is 18.2 Å². The van der Waals surface area contributed by atoms with Gasteiger partial charge in [0.2, 0.25) is 5.91 Å². The fraction of sp³-hybridized carbons (Fsp3) is 0.360. The van der Waals surface area contributed by atoms with Crippen LogP contribution in [0.3, 0.4) is 0 Å². The lowest BCUT2D eigenvalue weighted by Crippen LogP contribution is -2.40. The van der Waals surface area contributed by atoms with Gasteiger partial charge in [-0.3, -0.25) is 9.20 Å². The Balaban J connectivity index is 1.36. The van der Waals surface area contributed by atoms with Gasteiger partial charge in [0.05, 0.1) is 22.7 Å². The van der Waals surface area contributed by atoms with Crippen LogP contribution in [0.5, 0.6) is 0 Å². The van der Waals surface area contributed by atoms with Crippen molar-refractivity contribution in [2.45, 2.75) is 45.2 Å². The standard InChI is InChI=1S/C25H24F3N5OS/c1-15-5-7-17(8-6-15)23-20(35-16(2)29-23)12-22(34)32-11-3-4-18(13-32)24-31-30-21-10-9-19(14-33(21)24)25(26,27)28/h5-10,14,18H,3-4,11-13H2,1-2H3. The second-order valence-corrected chi connectivity index (χ2v) is 10.2. The number of alkyl halides is 3. The normalized spacial score (nSPS) is 16.7. The van der Waals surface area contributed by atoms with Gasteiger partial charge in [-0.15, -0.1) is 21.5 Å². The van der Waals surface area contributed by atoms with Gasteiger partial charge in [-0.25, -0.2) is 4.98 Å². The summed E-state index contributed by atoms with van der Waals surface area (Å²) in [6, 6.07) is 10.4. The number of carbonyl (C=O) groups excluding carboxylic acids is 1. The fourth-order valence-electron chi connectivity index (χ4n) is 4.54. The Kier molecular flexibility index (Phi) is 6.08. The molecular formula is C25H24F3N5OS. The molecule has 182 valence electrons. The molecule has 3 aromatic heterocycles. The SMILES string of the molecule is Cc1ccc(-c2nc(C)sc2CC(=O)N2CCCC(c3nnc4ccc(C(F)(F)F)cn34)C2)cc1. The number of piperidine rings is 1. The number of pyridine rings is 1. The monoisotopic (exact) mass is 499 g/mol. The predicted octanol–water partition coefficient (Wildman–Crippen LogP) is 5.44. The maximum atomic E-state index is 13.3. The third kappa shape index (κ3) is 4.80. The lowest BCUT2D eigenvalue weighted by molar-refractivity contribution is -0.137. The van der Waals surface area contributed by atoms with Gasteiger partial charge < -0.3 is 4.90 Å². The summed E-state index contributed by atoms with van der Waals surface area (Å²) in [7, 11) is 0. The second kappa shape index (κ2) is 9.07. The summed E-state index contributed by atoms with van der Waals surface area (Å²) >= 11 is 1.52. The summed E-state index contributed by atoms with van der Waals surface area (Å²) in [6.45, 7) is 4.96. The van der Waals surface area contributed by atoms with Gasteiger partial charge in [-0.2, -0.15) is 13.2 Å². The largest absolute Gasteiger partial charge is 0.417 e. The quantitative estimate of drug-likeness (QED) is 0.375. The topological polar surface area (TPSA) is 63.4 Å². The first kappa shape index (κ1) is 23.5. The zero-order valence-corrected chi connectivity index (χ0v) is 20.2. The molecule has 1 saturated heterocycles. The minimum atomic E-state index is -4.45. The van der Waals surface area contributed by atoms with E-state index in [0.717, 1.165) is 51.8 Å². The Morgan fingerprint density at radius 1 is 1.11 bits per heavy atom. The van der Waals surface area contributed by atoms with E-state index >= 15 is 0 Å². The lowest BCUT2D eigenvalue weighted by Gasteiger charge is -2.32. The summed E-state index contributed by atoms with van der Waals surface area (Å²) in [5.74, 6) is 0.250. The molecule has 0 N–H and O–H groups in total. The number of likely N-dealkylation sites (tertiary alicyclic amines) is 1. The first-order valence-electron chi connectivity index (χ1n) is 11.4. The highest BCUT2D eigenvalue weighted by atomic mass is 32.1. The smallest absolute Gasteiger partial charge is 0.342 e. The molecule has 0 bridgehead atoms. The van der Waals surface area contributed by atoms with Crippen molar-refractivity contribution >= 4 is 22.9 Å². The number of rotatable bonds is 4. The minimum absolute atomic E-state index is 0.0171. The van der Waals surface area contributed by atoms with Gasteiger partial charge in [0.1, 0.15) is 5.82 Å². The molecule has 1 fully saturated rings. The summed E-state index contributed by atoms with van der Waals surface area (Å²) in [5.41, 5.74) is 2.58. The van der Waals surface area contributed by atoms with Gasteiger partial charge in [0, 0.05) is 35.6 Å². The second-order valence-electron chi connectivity index (χ2n) is 8.93. The van der Waals surface area contributed by atoms with Crippen molar-refractivity contribution in [3.05, 3.63) is 69.4 Å². The molecular weight excluding hydrogens is 475 g/mol. The van der Waals surface area contributed by atoms with Crippen LogP contribution in [0.15, 0.2) is 42.6 Å². The Hall–Kier alpha value is -3.27. The van der Waals surface area contributed by atoms with Crippen molar-refractivity contribution in [1.82, 2.24) is 24.5 Å². The molecule has 1 atom stereocenters. The van der Waals surface area contributed by atoms with Gasteiger partial charge in [0.25, 0.3) is 0 Å². The van der Waals surface area contributed by atoms with Gasteiger partial charge >= 0.3 is 6.18 Å². The number of hydrogen-bond donors (Lipinski definition) is 0. The van der Waals surface area contributed by atoms with E-state index in [1.165, 1.54) is 21.8 Å². The maximum Gasteiger partial charge on any atom is 0.417 e. The van der Waals surface area contributed by atoms with E-state index in [1.54, 1.807) is 4.90 Å². The van der Waals surface area contributed by atoms with Crippen LogP contribution in [0.1, 0.15) is 45.6 Å². The van der Waals surface area contributed by atoms with Gasteiger partial charge in [-0.1, -0.05) is 29.8 Å². The van der Waals surface area contributed by atoms with Gasteiger partial charge in [-0.05, 0) is 38.8 Å². The van der Waals surface area contributed by atoms with Crippen LogP contribution in [0.25, 0.3) is 16.9 Å². The molecule has 0 spiro atoms. The molecule has 0 aliphatic carbocycles. The predicted molar refractivity (Wildman–Crippen MR) is 127 cm³/mol. The molecule has 0 saturated carbocycles. The van der Waals surface area contributed by atoms with E-state index in [9.17, 15) is 18.0 Å². The molecule has 35 heavy (non-hydrogen) atoms. The molecule has 0 radical (unpaired) electrons. The molecule has 4 aromatic rings. The molecule has 1 aliphatic rings. The third-order valence-corrected chi connectivity index (χ3v) is 7.31. The van der Waals surface area contributed by atoms with E-state index in [4.69, 9.17) is 0 Å². The number of fused-ring (bicyclic) bond motifs is 1. The Bertz CT molecular complexity index is 1380.